The van der Waals surface area contributed by atoms with Gasteiger partial charge < -0.3 is 14.6 Å². The van der Waals surface area contributed by atoms with Gasteiger partial charge in [0.2, 0.25) is 5.91 Å². The number of aromatic nitrogens is 3. The van der Waals surface area contributed by atoms with Gasteiger partial charge in [-0.25, -0.2) is 15.0 Å². The number of hydrogen-bond acceptors (Lipinski definition) is 7. The van der Waals surface area contributed by atoms with Crippen LogP contribution in [0.25, 0.3) is 6.08 Å². The molecule has 0 spiro atoms. The summed E-state index contributed by atoms with van der Waals surface area (Å²) in [6.07, 6.45) is 7.72. The third-order valence-electron chi connectivity index (χ3n) is 5.15. The third kappa shape index (κ3) is 4.59. The van der Waals surface area contributed by atoms with Crippen molar-refractivity contribution in [2.24, 2.45) is 0 Å². The van der Waals surface area contributed by atoms with Crippen molar-refractivity contribution in [1.29, 1.82) is 0 Å². The first kappa shape index (κ1) is 20.3. The van der Waals surface area contributed by atoms with Gasteiger partial charge in [-0.3, -0.25) is 4.79 Å². The Morgan fingerprint density at radius 3 is 2.87 bits per heavy atom. The maximum Gasteiger partial charge on any atom is 0.247 e. The summed E-state index contributed by atoms with van der Waals surface area (Å²) in [5, 5.41) is 4.11. The molecule has 3 aromatic rings. The van der Waals surface area contributed by atoms with E-state index in [2.05, 4.69) is 22.2 Å². The van der Waals surface area contributed by atoms with Crippen molar-refractivity contribution in [3.05, 3.63) is 58.4 Å². The molecular formula is C22H25N5O2S. The van der Waals surface area contributed by atoms with Gasteiger partial charge >= 0.3 is 0 Å². The normalized spacial score (nSPS) is 16.9. The Balaban J connectivity index is 1.57. The molecule has 156 valence electrons. The summed E-state index contributed by atoms with van der Waals surface area (Å²) in [7, 11) is 0. The van der Waals surface area contributed by atoms with Crippen LogP contribution in [0, 0.1) is 20.8 Å². The van der Waals surface area contributed by atoms with E-state index in [0.29, 0.717) is 23.9 Å². The summed E-state index contributed by atoms with van der Waals surface area (Å²) in [6, 6.07) is 5.38. The van der Waals surface area contributed by atoms with Gasteiger partial charge in [0.05, 0.1) is 18.0 Å². The van der Waals surface area contributed by atoms with Crippen LogP contribution in [-0.4, -0.2) is 32.3 Å². The minimum Gasteiger partial charge on any atom is -0.465 e. The molecule has 0 saturated carbocycles. The minimum absolute atomic E-state index is 0.0538. The van der Waals surface area contributed by atoms with Crippen LogP contribution in [0.3, 0.4) is 0 Å². The van der Waals surface area contributed by atoms with Gasteiger partial charge in [0.15, 0.2) is 11.0 Å². The summed E-state index contributed by atoms with van der Waals surface area (Å²) < 4.78 is 5.29. The minimum atomic E-state index is -0.146. The molecule has 4 heterocycles. The lowest BCUT2D eigenvalue weighted by Gasteiger charge is -2.34. The average Bonchev–Trinajstić information content (AvgIpc) is 3.35. The molecule has 1 saturated heterocycles. The number of amides is 1. The van der Waals surface area contributed by atoms with Crippen LogP contribution in [0.5, 0.6) is 0 Å². The van der Waals surface area contributed by atoms with E-state index >= 15 is 0 Å². The third-order valence-corrected chi connectivity index (χ3v) is 6.14. The van der Waals surface area contributed by atoms with Crippen LogP contribution >= 0.6 is 11.3 Å². The second-order valence-corrected chi connectivity index (χ2v) is 8.63. The van der Waals surface area contributed by atoms with Crippen molar-refractivity contribution in [2.45, 2.75) is 46.1 Å². The lowest BCUT2D eigenvalue weighted by atomic mass is 10.0. The Morgan fingerprint density at radius 1 is 1.27 bits per heavy atom. The molecule has 0 bridgehead atoms. The van der Waals surface area contributed by atoms with Crippen LogP contribution in [-0.2, 0) is 4.79 Å². The van der Waals surface area contributed by atoms with E-state index < -0.39 is 0 Å². The van der Waals surface area contributed by atoms with Crippen molar-refractivity contribution < 1.29 is 9.21 Å². The number of piperidine rings is 1. The summed E-state index contributed by atoms with van der Waals surface area (Å²) in [4.78, 5) is 29.9. The molecule has 8 heteroatoms. The smallest absolute Gasteiger partial charge is 0.247 e. The summed E-state index contributed by atoms with van der Waals surface area (Å²) in [5.41, 5.74) is 1.87. The monoisotopic (exact) mass is 423 g/mol. The number of nitrogens with zero attached hydrogens (tertiary/aromatic N) is 4. The number of likely N-dealkylation sites (tertiary alicyclic amines) is 1. The fourth-order valence-electron chi connectivity index (χ4n) is 3.54. The topological polar surface area (TPSA) is 84.2 Å². The number of aryl methyl sites for hydroxylation is 3. The van der Waals surface area contributed by atoms with Crippen LogP contribution in [0.2, 0.25) is 0 Å². The van der Waals surface area contributed by atoms with Gasteiger partial charge in [-0.2, -0.15) is 0 Å². The molecule has 30 heavy (non-hydrogen) atoms. The van der Waals surface area contributed by atoms with Crippen molar-refractivity contribution in [2.75, 3.05) is 11.9 Å². The largest absolute Gasteiger partial charge is 0.465 e. The SMILES string of the molecule is Cc1cc(Nc2nc(C)c(C)s2)nc([C@@H]2CCCCN2C(=O)/C=C/c2ccco2)n1. The highest BCUT2D eigenvalue weighted by Crippen LogP contribution is 2.31. The highest BCUT2D eigenvalue weighted by molar-refractivity contribution is 7.15. The lowest BCUT2D eigenvalue weighted by Crippen LogP contribution is -2.38. The van der Waals surface area contributed by atoms with Crippen LogP contribution in [0.15, 0.2) is 35.0 Å². The van der Waals surface area contributed by atoms with Gasteiger partial charge in [0.1, 0.15) is 11.6 Å². The number of thiazole rings is 1. The Hall–Kier alpha value is -3.00. The molecule has 1 amide bonds. The molecule has 7 nitrogen and oxygen atoms in total. The predicted octanol–water partition coefficient (Wildman–Crippen LogP) is 4.96. The van der Waals surface area contributed by atoms with E-state index in [0.717, 1.165) is 35.8 Å². The molecule has 1 fully saturated rings. The number of anilines is 2. The van der Waals surface area contributed by atoms with Gasteiger partial charge in [0.25, 0.3) is 0 Å². The fourth-order valence-corrected chi connectivity index (χ4v) is 4.36. The molecule has 0 aromatic carbocycles. The fraction of sp³-hybridized carbons (Fsp3) is 0.364. The number of nitrogens with one attached hydrogen (secondary N) is 1. The maximum atomic E-state index is 12.9. The van der Waals surface area contributed by atoms with Crippen molar-refractivity contribution in [3.8, 4) is 0 Å². The van der Waals surface area contributed by atoms with Crippen LogP contribution < -0.4 is 5.32 Å². The zero-order valence-electron chi connectivity index (χ0n) is 17.4. The van der Waals surface area contributed by atoms with Gasteiger partial charge in [0, 0.05) is 29.3 Å². The number of hydrogen-bond donors (Lipinski definition) is 1. The van der Waals surface area contributed by atoms with Gasteiger partial charge in [-0.05, 0) is 58.2 Å². The molecule has 1 aliphatic rings. The van der Waals surface area contributed by atoms with Crippen molar-refractivity contribution in [1.82, 2.24) is 19.9 Å². The molecule has 1 aliphatic heterocycles. The molecule has 1 atom stereocenters. The number of furan rings is 1. The number of carbonyl (C=O) groups is 1. The molecule has 0 aliphatic carbocycles. The van der Waals surface area contributed by atoms with E-state index in [4.69, 9.17) is 9.40 Å². The predicted molar refractivity (Wildman–Crippen MR) is 118 cm³/mol. The van der Waals surface area contributed by atoms with E-state index in [-0.39, 0.29) is 11.9 Å². The van der Waals surface area contributed by atoms with Crippen molar-refractivity contribution >= 4 is 34.3 Å². The summed E-state index contributed by atoms with van der Waals surface area (Å²) in [6.45, 7) is 6.68. The Bertz CT molecular complexity index is 1040. The van der Waals surface area contributed by atoms with E-state index in [1.165, 1.54) is 4.88 Å². The second-order valence-electron chi connectivity index (χ2n) is 7.43. The average molecular weight is 424 g/mol. The Labute approximate surface area is 179 Å². The summed E-state index contributed by atoms with van der Waals surface area (Å²) >= 11 is 1.60. The van der Waals surface area contributed by atoms with Crippen LogP contribution in [0.1, 0.15) is 53.2 Å². The molecular weight excluding hydrogens is 398 g/mol. The van der Waals surface area contributed by atoms with Crippen molar-refractivity contribution in [3.63, 3.8) is 0 Å². The van der Waals surface area contributed by atoms with E-state index in [1.54, 1.807) is 35.8 Å². The number of rotatable bonds is 5. The molecule has 4 rings (SSSR count). The molecule has 1 N–H and O–H groups in total. The Kier molecular flexibility index (Phi) is 5.94. The highest BCUT2D eigenvalue weighted by atomic mass is 32.1. The first-order chi connectivity index (χ1) is 14.5. The van der Waals surface area contributed by atoms with Gasteiger partial charge in [-0.1, -0.05) is 0 Å². The second kappa shape index (κ2) is 8.79. The standard InChI is InChI=1S/C22H25N5O2S/c1-14-13-19(26-22-24-15(2)16(3)30-22)25-21(23-14)18-8-4-5-11-27(18)20(28)10-9-17-7-6-12-29-17/h6-7,9-10,12-13,18H,4-5,8,11H2,1-3H3,(H,23,24,25,26)/b10-9+/t18-/m0/s1. The Morgan fingerprint density at radius 2 is 2.13 bits per heavy atom. The van der Waals surface area contributed by atoms with E-state index in [9.17, 15) is 4.79 Å². The van der Waals surface area contributed by atoms with Gasteiger partial charge in [-0.15, -0.1) is 11.3 Å². The lowest BCUT2D eigenvalue weighted by molar-refractivity contribution is -0.129. The quantitative estimate of drug-likeness (QED) is 0.584. The van der Waals surface area contributed by atoms with Crippen LogP contribution in [0.4, 0.5) is 10.9 Å². The van der Waals surface area contributed by atoms with E-state index in [1.807, 2.05) is 30.9 Å². The first-order valence-corrected chi connectivity index (χ1v) is 10.9. The highest BCUT2D eigenvalue weighted by Gasteiger charge is 2.29. The molecule has 3 aromatic heterocycles. The maximum absolute atomic E-state index is 12.9. The molecule has 0 unspecified atom stereocenters. The first-order valence-electron chi connectivity index (χ1n) is 10.1. The zero-order chi connectivity index (χ0) is 21.1. The molecule has 0 radical (unpaired) electrons. The summed E-state index contributed by atoms with van der Waals surface area (Å²) in [5.74, 6) is 1.98. The zero-order valence-corrected chi connectivity index (χ0v) is 18.2. The number of carbonyl (C=O) groups excluding carboxylic acids is 1.